The van der Waals surface area contributed by atoms with E-state index in [4.69, 9.17) is 23.2 Å². The fourth-order valence-electron chi connectivity index (χ4n) is 2.18. The van der Waals surface area contributed by atoms with Crippen molar-refractivity contribution in [3.05, 3.63) is 33.8 Å². The molecule has 0 spiro atoms. The molecule has 2 unspecified atom stereocenters. The highest BCUT2D eigenvalue weighted by Gasteiger charge is 2.24. The highest BCUT2D eigenvalue weighted by atomic mass is 35.5. The minimum atomic E-state index is -1.33. The lowest BCUT2D eigenvalue weighted by Gasteiger charge is -2.27. The first-order valence-electron chi connectivity index (χ1n) is 6.70. The number of rotatable bonds is 6. The Balaban J connectivity index is 2.67. The summed E-state index contributed by atoms with van der Waals surface area (Å²) in [6, 6.07) is 4.53. The van der Waals surface area contributed by atoms with Crippen molar-refractivity contribution in [1.82, 2.24) is 5.32 Å². The van der Waals surface area contributed by atoms with Gasteiger partial charge in [0.25, 0.3) is 5.91 Å². The maximum Gasteiger partial charge on any atom is 0.253 e. The van der Waals surface area contributed by atoms with Crippen molar-refractivity contribution in [3.8, 4) is 0 Å². The van der Waals surface area contributed by atoms with E-state index in [2.05, 4.69) is 5.32 Å². The van der Waals surface area contributed by atoms with Gasteiger partial charge in [0.05, 0.1) is 6.10 Å². The van der Waals surface area contributed by atoms with Crippen LogP contribution in [0.15, 0.2) is 18.2 Å². The minimum Gasteiger partial charge on any atom is -0.393 e. The molecule has 0 saturated carbocycles. The van der Waals surface area contributed by atoms with Crippen molar-refractivity contribution in [1.29, 1.82) is 0 Å². The average molecular weight is 334 g/mol. The third-order valence-electron chi connectivity index (χ3n) is 3.04. The van der Waals surface area contributed by atoms with Crippen molar-refractivity contribution < 1.29 is 15.0 Å². The van der Waals surface area contributed by atoms with Crippen molar-refractivity contribution in [2.45, 2.75) is 39.4 Å². The Bertz CT molecular complexity index is 483. The van der Waals surface area contributed by atoms with E-state index in [0.717, 1.165) is 0 Å². The summed E-state index contributed by atoms with van der Waals surface area (Å²) in [5.41, 5.74) is 0.0773. The van der Waals surface area contributed by atoms with Crippen molar-refractivity contribution >= 4 is 29.1 Å². The largest absolute Gasteiger partial charge is 0.393 e. The van der Waals surface area contributed by atoms with Gasteiger partial charge in [-0.25, -0.2) is 0 Å². The molecule has 21 heavy (non-hydrogen) atoms. The van der Waals surface area contributed by atoms with Gasteiger partial charge in [0.2, 0.25) is 0 Å². The first-order chi connectivity index (χ1) is 9.60. The first-order valence-corrected chi connectivity index (χ1v) is 7.46. The average Bonchev–Trinajstić information content (AvgIpc) is 2.32. The van der Waals surface area contributed by atoms with Crippen LogP contribution >= 0.6 is 23.2 Å². The Morgan fingerprint density at radius 1 is 1.24 bits per heavy atom. The predicted octanol–water partition coefficient (Wildman–Crippen LogP) is 2.94. The van der Waals surface area contributed by atoms with Crippen LogP contribution in [0.1, 0.15) is 38.9 Å². The predicted molar refractivity (Wildman–Crippen MR) is 84.5 cm³/mol. The normalized spacial score (nSPS) is 14.6. The van der Waals surface area contributed by atoms with Crippen LogP contribution in [0.5, 0.6) is 0 Å². The first kappa shape index (κ1) is 18.2. The quantitative estimate of drug-likeness (QED) is 0.749. The van der Waals surface area contributed by atoms with E-state index in [9.17, 15) is 15.0 Å². The van der Waals surface area contributed by atoms with E-state index in [1.165, 1.54) is 18.2 Å². The molecular weight excluding hydrogens is 313 g/mol. The number of halogens is 2. The monoisotopic (exact) mass is 333 g/mol. The Hall–Kier alpha value is -0.810. The molecule has 0 saturated heterocycles. The number of benzene rings is 1. The van der Waals surface area contributed by atoms with Crippen LogP contribution < -0.4 is 5.32 Å². The summed E-state index contributed by atoms with van der Waals surface area (Å²) >= 11 is 11.7. The van der Waals surface area contributed by atoms with Crippen LogP contribution in [0.3, 0.4) is 0 Å². The zero-order valence-electron chi connectivity index (χ0n) is 12.4. The van der Waals surface area contributed by atoms with Crippen LogP contribution in [0.25, 0.3) is 0 Å². The zero-order valence-corrected chi connectivity index (χ0v) is 13.9. The van der Waals surface area contributed by atoms with Crippen LogP contribution in [0.2, 0.25) is 10.0 Å². The molecule has 4 nitrogen and oxygen atoms in total. The molecule has 1 aromatic carbocycles. The van der Waals surface area contributed by atoms with Gasteiger partial charge < -0.3 is 15.5 Å². The molecule has 1 aromatic rings. The SMILES string of the molecule is CC(O)CC(C)(C)CNC(=O)C(O)c1cc(Cl)cc(Cl)c1. The standard InChI is InChI=1S/C15H21Cl2NO3/c1-9(19)7-15(2,3)8-18-14(21)13(20)10-4-11(16)6-12(17)5-10/h4-6,9,13,19-20H,7-8H2,1-3H3,(H,18,21). The Morgan fingerprint density at radius 2 is 1.76 bits per heavy atom. The molecule has 0 radical (unpaired) electrons. The number of amides is 1. The lowest BCUT2D eigenvalue weighted by atomic mass is 9.87. The molecule has 0 bridgehead atoms. The molecule has 0 aliphatic heterocycles. The number of hydrogen-bond donors (Lipinski definition) is 3. The van der Waals surface area contributed by atoms with E-state index in [-0.39, 0.29) is 5.41 Å². The van der Waals surface area contributed by atoms with E-state index in [0.29, 0.717) is 28.6 Å². The topological polar surface area (TPSA) is 69.6 Å². The molecule has 3 N–H and O–H groups in total. The van der Waals surface area contributed by atoms with Gasteiger partial charge >= 0.3 is 0 Å². The summed E-state index contributed by atoms with van der Waals surface area (Å²) in [6.07, 6.45) is -1.23. The van der Waals surface area contributed by atoms with Crippen LogP contribution in [0, 0.1) is 5.41 Å². The molecule has 1 amide bonds. The highest BCUT2D eigenvalue weighted by Crippen LogP contribution is 2.25. The molecule has 118 valence electrons. The number of carbonyl (C=O) groups is 1. The maximum absolute atomic E-state index is 12.0. The molecule has 0 aromatic heterocycles. The molecule has 0 heterocycles. The maximum atomic E-state index is 12.0. The number of aliphatic hydroxyl groups is 2. The highest BCUT2D eigenvalue weighted by molar-refractivity contribution is 6.34. The lowest BCUT2D eigenvalue weighted by Crippen LogP contribution is -2.38. The van der Waals surface area contributed by atoms with E-state index < -0.39 is 18.1 Å². The zero-order chi connectivity index (χ0) is 16.2. The van der Waals surface area contributed by atoms with Crippen LogP contribution in [-0.4, -0.2) is 28.8 Å². The van der Waals surface area contributed by atoms with Crippen LogP contribution in [-0.2, 0) is 4.79 Å². The lowest BCUT2D eigenvalue weighted by molar-refractivity contribution is -0.130. The molecule has 1 rings (SSSR count). The summed E-state index contributed by atoms with van der Waals surface area (Å²) in [5.74, 6) is -0.521. The smallest absolute Gasteiger partial charge is 0.253 e. The van der Waals surface area contributed by atoms with Crippen molar-refractivity contribution in [3.63, 3.8) is 0 Å². The third-order valence-corrected chi connectivity index (χ3v) is 3.47. The fraction of sp³-hybridized carbons (Fsp3) is 0.533. The summed E-state index contributed by atoms with van der Waals surface area (Å²) in [6.45, 7) is 5.92. The van der Waals surface area contributed by atoms with Gasteiger partial charge in [-0.3, -0.25) is 4.79 Å². The van der Waals surface area contributed by atoms with E-state index >= 15 is 0 Å². The van der Waals surface area contributed by atoms with Gasteiger partial charge in [0.1, 0.15) is 0 Å². The van der Waals surface area contributed by atoms with E-state index in [1.54, 1.807) is 6.92 Å². The molecule has 0 fully saturated rings. The number of nitrogens with one attached hydrogen (secondary N) is 1. The molecule has 2 atom stereocenters. The van der Waals surface area contributed by atoms with Gasteiger partial charge in [0.15, 0.2) is 6.10 Å². The fourth-order valence-corrected chi connectivity index (χ4v) is 2.72. The summed E-state index contributed by atoms with van der Waals surface area (Å²) in [5, 5.41) is 22.8. The van der Waals surface area contributed by atoms with Crippen molar-refractivity contribution in [2.75, 3.05) is 6.54 Å². The summed E-state index contributed by atoms with van der Waals surface area (Å²) in [4.78, 5) is 12.0. The van der Waals surface area contributed by atoms with Gasteiger partial charge in [-0.15, -0.1) is 0 Å². The van der Waals surface area contributed by atoms with Crippen molar-refractivity contribution in [2.24, 2.45) is 5.41 Å². The molecular formula is C15H21Cl2NO3. The van der Waals surface area contributed by atoms with Gasteiger partial charge in [-0.05, 0) is 42.5 Å². The van der Waals surface area contributed by atoms with Gasteiger partial charge in [-0.1, -0.05) is 37.0 Å². The van der Waals surface area contributed by atoms with E-state index in [1.807, 2.05) is 13.8 Å². The van der Waals surface area contributed by atoms with Gasteiger partial charge in [0, 0.05) is 16.6 Å². The number of aliphatic hydroxyl groups excluding tert-OH is 2. The second-order valence-corrected chi connectivity index (χ2v) is 6.91. The molecule has 0 aliphatic rings. The number of carbonyl (C=O) groups excluding carboxylic acids is 1. The van der Waals surface area contributed by atoms with Gasteiger partial charge in [-0.2, -0.15) is 0 Å². The second kappa shape index (κ2) is 7.45. The summed E-state index contributed by atoms with van der Waals surface area (Å²) in [7, 11) is 0. The second-order valence-electron chi connectivity index (χ2n) is 6.04. The molecule has 6 heteroatoms. The summed E-state index contributed by atoms with van der Waals surface area (Å²) < 4.78 is 0. The minimum absolute atomic E-state index is 0.268. The molecule has 0 aliphatic carbocycles. The van der Waals surface area contributed by atoms with Crippen LogP contribution in [0.4, 0.5) is 0 Å². The Labute approximate surface area is 135 Å². The Kier molecular flexibility index (Phi) is 6.47. The third kappa shape index (κ3) is 6.22. The number of hydrogen-bond acceptors (Lipinski definition) is 3. The Morgan fingerprint density at radius 3 is 2.24 bits per heavy atom.